The van der Waals surface area contributed by atoms with Gasteiger partial charge in [-0.05, 0) is 42.8 Å². The number of hydrogen-bond acceptors (Lipinski definition) is 5. The van der Waals surface area contributed by atoms with Crippen LogP contribution < -0.4 is 0 Å². The molecule has 7 heteroatoms. The number of benzene rings is 1. The van der Waals surface area contributed by atoms with Crippen molar-refractivity contribution in [3.05, 3.63) is 66.1 Å². The number of hydrogen-bond donors (Lipinski definition) is 0. The lowest BCUT2D eigenvalue weighted by molar-refractivity contribution is 0.0518. The third kappa shape index (κ3) is 3.50. The summed E-state index contributed by atoms with van der Waals surface area (Å²) < 4.78 is 33.0. The van der Waals surface area contributed by atoms with E-state index in [-0.39, 0.29) is 23.6 Å². The lowest BCUT2D eigenvalue weighted by Gasteiger charge is -2.08. The van der Waals surface area contributed by atoms with Crippen molar-refractivity contribution in [3.8, 4) is 22.4 Å². The average Bonchev–Trinajstić information content (AvgIpc) is 2.63. The van der Waals surface area contributed by atoms with E-state index in [4.69, 9.17) is 4.74 Å². The van der Waals surface area contributed by atoms with Crippen LogP contribution >= 0.6 is 0 Å². The number of carbonyl (C=O) groups is 1. The van der Waals surface area contributed by atoms with Crippen molar-refractivity contribution < 1.29 is 18.3 Å². The first-order chi connectivity index (χ1) is 12.1. The first kappa shape index (κ1) is 16.6. The van der Waals surface area contributed by atoms with E-state index in [1.165, 1.54) is 48.8 Å². The number of esters is 1. The third-order valence-corrected chi connectivity index (χ3v) is 3.45. The van der Waals surface area contributed by atoms with E-state index in [0.29, 0.717) is 11.1 Å². The normalized spacial score (nSPS) is 10.5. The van der Waals surface area contributed by atoms with Crippen LogP contribution in [0.4, 0.5) is 8.78 Å². The van der Waals surface area contributed by atoms with Crippen LogP contribution in [0.25, 0.3) is 22.4 Å². The Labute approximate surface area is 142 Å². The Morgan fingerprint density at radius 2 is 1.96 bits per heavy atom. The highest BCUT2D eigenvalue weighted by Crippen LogP contribution is 2.29. The maximum absolute atomic E-state index is 14.2. The zero-order chi connectivity index (χ0) is 17.8. The van der Waals surface area contributed by atoms with E-state index < -0.39 is 17.6 Å². The maximum Gasteiger partial charge on any atom is 0.358 e. The molecule has 3 aromatic rings. The highest BCUT2D eigenvalue weighted by molar-refractivity contribution is 5.88. The van der Waals surface area contributed by atoms with E-state index in [2.05, 4.69) is 15.2 Å². The molecule has 0 spiro atoms. The fraction of sp³-hybridized carbons (Fsp3) is 0.111. The van der Waals surface area contributed by atoms with E-state index in [1.807, 2.05) is 0 Å². The molecule has 0 aliphatic carbocycles. The van der Waals surface area contributed by atoms with Crippen LogP contribution in [0, 0.1) is 11.6 Å². The van der Waals surface area contributed by atoms with Gasteiger partial charge in [-0.1, -0.05) is 6.07 Å². The minimum atomic E-state index is -0.626. The molecule has 0 bridgehead atoms. The maximum atomic E-state index is 14.2. The van der Waals surface area contributed by atoms with Gasteiger partial charge in [-0.2, -0.15) is 5.10 Å². The van der Waals surface area contributed by atoms with Crippen LogP contribution in [0.3, 0.4) is 0 Å². The molecule has 126 valence electrons. The van der Waals surface area contributed by atoms with Crippen molar-refractivity contribution in [3.63, 3.8) is 0 Å². The quantitative estimate of drug-likeness (QED) is 0.678. The van der Waals surface area contributed by atoms with Crippen LogP contribution in [-0.2, 0) is 4.74 Å². The van der Waals surface area contributed by atoms with Crippen LogP contribution in [0.1, 0.15) is 17.4 Å². The Hall–Kier alpha value is -3.22. The number of carbonyl (C=O) groups excluding carboxylic acids is 1. The van der Waals surface area contributed by atoms with Gasteiger partial charge in [0, 0.05) is 17.3 Å². The summed E-state index contributed by atoms with van der Waals surface area (Å²) in [6, 6.07) is 8.29. The fourth-order valence-corrected chi connectivity index (χ4v) is 2.30. The Morgan fingerprint density at radius 1 is 1.12 bits per heavy atom. The molecule has 3 rings (SSSR count). The van der Waals surface area contributed by atoms with Crippen LogP contribution in [0.5, 0.6) is 0 Å². The fourth-order valence-electron chi connectivity index (χ4n) is 2.30. The molecule has 0 radical (unpaired) electrons. The molecule has 0 aliphatic rings. The zero-order valence-corrected chi connectivity index (χ0v) is 13.2. The second kappa shape index (κ2) is 7.12. The second-order valence-electron chi connectivity index (χ2n) is 5.08. The molecule has 1 aromatic carbocycles. The third-order valence-electron chi connectivity index (χ3n) is 3.45. The highest BCUT2D eigenvalue weighted by atomic mass is 19.1. The highest BCUT2D eigenvalue weighted by Gasteiger charge is 2.15. The zero-order valence-electron chi connectivity index (χ0n) is 13.2. The number of halogens is 2. The van der Waals surface area contributed by atoms with Crippen LogP contribution in [-0.4, -0.2) is 27.8 Å². The van der Waals surface area contributed by atoms with Gasteiger partial charge in [0.25, 0.3) is 0 Å². The molecule has 0 saturated heterocycles. The molecule has 0 N–H and O–H groups in total. The molecular weight excluding hydrogens is 328 g/mol. The minimum absolute atomic E-state index is 0.0186. The number of pyridine rings is 1. The number of rotatable bonds is 4. The van der Waals surface area contributed by atoms with Gasteiger partial charge in [-0.15, -0.1) is 5.10 Å². The van der Waals surface area contributed by atoms with Gasteiger partial charge in [-0.25, -0.2) is 13.6 Å². The van der Waals surface area contributed by atoms with Gasteiger partial charge in [0.05, 0.1) is 12.8 Å². The Balaban J connectivity index is 2.05. The summed E-state index contributed by atoms with van der Waals surface area (Å²) in [6.45, 7) is 1.90. The second-order valence-corrected chi connectivity index (χ2v) is 5.08. The van der Waals surface area contributed by atoms with Crippen LogP contribution in [0.15, 0.2) is 48.8 Å². The minimum Gasteiger partial charge on any atom is -0.461 e. The van der Waals surface area contributed by atoms with Gasteiger partial charge in [0.15, 0.2) is 5.69 Å². The summed E-state index contributed by atoms with van der Waals surface area (Å²) in [5, 5.41) is 7.50. The molecule has 0 atom stereocenters. The van der Waals surface area contributed by atoms with Crippen molar-refractivity contribution >= 4 is 5.97 Å². The topological polar surface area (TPSA) is 65.0 Å². The van der Waals surface area contributed by atoms with Gasteiger partial charge >= 0.3 is 5.97 Å². The van der Waals surface area contributed by atoms with E-state index >= 15 is 0 Å². The lowest BCUT2D eigenvalue weighted by atomic mass is 10.0. The molecule has 0 amide bonds. The van der Waals surface area contributed by atoms with Crippen molar-refractivity contribution in [2.75, 3.05) is 6.61 Å². The smallest absolute Gasteiger partial charge is 0.358 e. The molecule has 0 unspecified atom stereocenters. The summed E-state index contributed by atoms with van der Waals surface area (Å²) in [5.74, 6) is -1.83. The number of nitrogens with zero attached hydrogens (tertiary/aromatic N) is 3. The predicted octanol–water partition coefficient (Wildman–Crippen LogP) is 3.66. The lowest BCUT2D eigenvalue weighted by Crippen LogP contribution is -2.08. The van der Waals surface area contributed by atoms with Gasteiger partial charge in [-0.3, -0.25) is 4.98 Å². The van der Waals surface area contributed by atoms with Crippen molar-refractivity contribution in [1.29, 1.82) is 0 Å². The Bertz CT molecular complexity index is 932. The summed E-state index contributed by atoms with van der Waals surface area (Å²) in [6.07, 6.45) is 2.81. The van der Waals surface area contributed by atoms with Gasteiger partial charge < -0.3 is 4.74 Å². The molecule has 2 heterocycles. The monoisotopic (exact) mass is 341 g/mol. The predicted molar refractivity (Wildman–Crippen MR) is 86.6 cm³/mol. The SMILES string of the molecule is CCOC(=O)c1cc(-c2ccc(F)c(-c3ncccc3F)c2)cnn1. The summed E-state index contributed by atoms with van der Waals surface area (Å²) in [4.78, 5) is 15.7. The first-order valence-corrected chi connectivity index (χ1v) is 7.51. The van der Waals surface area contributed by atoms with Crippen LogP contribution in [0.2, 0.25) is 0 Å². The first-order valence-electron chi connectivity index (χ1n) is 7.51. The standard InChI is InChI=1S/C18H13F2N3O2/c1-2-25-18(24)16-9-12(10-22-23-16)11-5-6-14(19)13(8-11)17-15(20)4-3-7-21-17/h3-10H,2H2,1H3. The molecule has 25 heavy (non-hydrogen) atoms. The molecule has 5 nitrogen and oxygen atoms in total. The summed E-state index contributed by atoms with van der Waals surface area (Å²) >= 11 is 0. The Morgan fingerprint density at radius 3 is 2.72 bits per heavy atom. The molecule has 0 aliphatic heterocycles. The molecular formula is C18H13F2N3O2. The van der Waals surface area contributed by atoms with Gasteiger partial charge in [0.1, 0.15) is 17.3 Å². The molecule has 0 fully saturated rings. The number of ether oxygens (including phenoxy) is 1. The number of aromatic nitrogens is 3. The largest absolute Gasteiger partial charge is 0.461 e. The van der Waals surface area contributed by atoms with E-state index in [0.717, 1.165) is 0 Å². The van der Waals surface area contributed by atoms with Crippen molar-refractivity contribution in [2.45, 2.75) is 6.92 Å². The molecule has 2 aromatic heterocycles. The average molecular weight is 341 g/mol. The van der Waals surface area contributed by atoms with Crippen molar-refractivity contribution in [2.24, 2.45) is 0 Å². The summed E-state index contributed by atoms with van der Waals surface area (Å²) in [7, 11) is 0. The van der Waals surface area contributed by atoms with E-state index in [9.17, 15) is 13.6 Å². The van der Waals surface area contributed by atoms with Crippen molar-refractivity contribution in [1.82, 2.24) is 15.2 Å². The Kier molecular flexibility index (Phi) is 4.74. The summed E-state index contributed by atoms with van der Waals surface area (Å²) in [5.41, 5.74) is 1.03. The van der Waals surface area contributed by atoms with E-state index in [1.54, 1.807) is 6.92 Å². The van der Waals surface area contributed by atoms with Gasteiger partial charge in [0.2, 0.25) is 0 Å². The molecule has 0 saturated carbocycles.